The van der Waals surface area contributed by atoms with Crippen LogP contribution in [0, 0.1) is 0 Å². The highest BCUT2D eigenvalue weighted by Crippen LogP contribution is 2.29. The fraction of sp³-hybridized carbons (Fsp3) is 0. The summed E-state index contributed by atoms with van der Waals surface area (Å²) in [5.74, 6) is -4.96. The van der Waals surface area contributed by atoms with Crippen molar-refractivity contribution in [1.29, 1.82) is 0 Å². The van der Waals surface area contributed by atoms with Gasteiger partial charge in [0, 0.05) is 0 Å². The number of rotatable bonds is 3. The number of aromatic nitrogens is 1. The molecule has 1 aromatic rings. The van der Waals surface area contributed by atoms with Gasteiger partial charge in [-0.2, -0.15) is 0 Å². The highest BCUT2D eigenvalue weighted by molar-refractivity contribution is 6.42. The van der Waals surface area contributed by atoms with Crippen LogP contribution in [-0.2, 0) is 0 Å². The molecule has 0 aromatic carbocycles. The van der Waals surface area contributed by atoms with E-state index in [1.54, 1.807) is 0 Å². The minimum atomic E-state index is -1.66. The molecule has 0 aliphatic heterocycles. The fourth-order valence-corrected chi connectivity index (χ4v) is 1.66. The topological polar surface area (TPSA) is 125 Å². The van der Waals surface area contributed by atoms with E-state index in [1.807, 2.05) is 0 Å². The summed E-state index contributed by atoms with van der Waals surface area (Å²) in [6.45, 7) is 0. The predicted octanol–water partition coefficient (Wildman–Crippen LogP) is 1.48. The first kappa shape index (κ1) is 13.2. The highest BCUT2D eigenvalue weighted by atomic mass is 35.5. The van der Waals surface area contributed by atoms with E-state index in [9.17, 15) is 14.4 Å². The molecule has 0 atom stereocenters. The predicted molar refractivity (Wildman–Crippen MR) is 55.1 cm³/mol. The Labute approximate surface area is 103 Å². The van der Waals surface area contributed by atoms with Crippen LogP contribution < -0.4 is 0 Å². The first-order valence-electron chi connectivity index (χ1n) is 3.86. The monoisotopic (exact) mass is 279 g/mol. The van der Waals surface area contributed by atoms with Gasteiger partial charge in [-0.3, -0.25) is 0 Å². The first-order valence-corrected chi connectivity index (χ1v) is 4.61. The molecule has 0 amide bonds. The summed E-state index contributed by atoms with van der Waals surface area (Å²) in [4.78, 5) is 35.4. The van der Waals surface area contributed by atoms with Crippen LogP contribution in [0.1, 0.15) is 31.3 Å². The van der Waals surface area contributed by atoms with Gasteiger partial charge in [0.25, 0.3) is 0 Å². The van der Waals surface area contributed by atoms with Crippen molar-refractivity contribution in [2.75, 3.05) is 0 Å². The van der Waals surface area contributed by atoms with Gasteiger partial charge in [-0.15, -0.1) is 0 Å². The van der Waals surface area contributed by atoms with Gasteiger partial charge in [-0.05, 0) is 0 Å². The molecule has 0 aliphatic rings. The number of hydrogen-bond acceptors (Lipinski definition) is 4. The number of carboxylic acids is 3. The molecule has 0 saturated heterocycles. The zero-order chi connectivity index (χ0) is 13.3. The normalized spacial score (nSPS) is 10.0. The minimum Gasteiger partial charge on any atom is -0.478 e. The lowest BCUT2D eigenvalue weighted by molar-refractivity contribution is 0.0685. The van der Waals surface area contributed by atoms with Crippen molar-refractivity contribution in [1.82, 2.24) is 4.98 Å². The van der Waals surface area contributed by atoms with Crippen LogP contribution in [0.5, 0.6) is 0 Å². The Morgan fingerprint density at radius 1 is 0.824 bits per heavy atom. The standard InChI is InChI=1S/C8H3Cl2NO6/c9-2-1(6(12)13)3(10)5(8(16)17)11-4(2)7(14)15/h(H,12,13)(H,14,15)(H,16,17). The number of hydrogen-bond donors (Lipinski definition) is 3. The van der Waals surface area contributed by atoms with E-state index < -0.39 is 44.9 Å². The van der Waals surface area contributed by atoms with Gasteiger partial charge in [0.15, 0.2) is 11.4 Å². The number of carboxylic acid groups (broad SMARTS) is 3. The molecule has 17 heavy (non-hydrogen) atoms. The Morgan fingerprint density at radius 3 is 1.41 bits per heavy atom. The Bertz CT molecular complexity index is 503. The Kier molecular flexibility index (Phi) is 3.54. The van der Waals surface area contributed by atoms with Gasteiger partial charge >= 0.3 is 17.9 Å². The molecule has 1 rings (SSSR count). The number of carbonyl (C=O) groups is 3. The summed E-state index contributed by atoms with van der Waals surface area (Å²) in [5.41, 5.74) is -2.57. The van der Waals surface area contributed by atoms with Gasteiger partial charge in [-0.25, -0.2) is 19.4 Å². The second kappa shape index (κ2) is 4.56. The molecule has 0 spiro atoms. The van der Waals surface area contributed by atoms with Gasteiger partial charge in [0.05, 0.1) is 10.0 Å². The fourth-order valence-electron chi connectivity index (χ4n) is 1.01. The maximum atomic E-state index is 10.8. The highest BCUT2D eigenvalue weighted by Gasteiger charge is 2.27. The Morgan fingerprint density at radius 2 is 1.18 bits per heavy atom. The summed E-state index contributed by atoms with van der Waals surface area (Å²) in [5, 5.41) is 24.7. The minimum absolute atomic E-state index is 0.722. The van der Waals surface area contributed by atoms with E-state index in [1.165, 1.54) is 0 Å². The maximum absolute atomic E-state index is 10.8. The van der Waals surface area contributed by atoms with E-state index in [-0.39, 0.29) is 0 Å². The van der Waals surface area contributed by atoms with E-state index >= 15 is 0 Å². The molecule has 0 aliphatic carbocycles. The van der Waals surface area contributed by atoms with Crippen LogP contribution in [0.15, 0.2) is 0 Å². The van der Waals surface area contributed by atoms with Crippen molar-refractivity contribution in [3.63, 3.8) is 0 Å². The molecule has 1 heterocycles. The molecule has 0 bridgehead atoms. The quantitative estimate of drug-likeness (QED) is 0.765. The number of aromatic carboxylic acids is 3. The summed E-state index contributed by atoms with van der Waals surface area (Å²) in [7, 11) is 0. The van der Waals surface area contributed by atoms with Crippen molar-refractivity contribution in [3.8, 4) is 0 Å². The molecule has 7 nitrogen and oxygen atoms in total. The van der Waals surface area contributed by atoms with Crippen LogP contribution in [0.4, 0.5) is 0 Å². The maximum Gasteiger partial charge on any atom is 0.356 e. The lowest BCUT2D eigenvalue weighted by atomic mass is 10.2. The zero-order valence-electron chi connectivity index (χ0n) is 7.77. The van der Waals surface area contributed by atoms with Gasteiger partial charge in [-0.1, -0.05) is 23.2 Å². The van der Waals surface area contributed by atoms with Crippen LogP contribution in [0.3, 0.4) is 0 Å². The van der Waals surface area contributed by atoms with E-state index in [0.717, 1.165) is 0 Å². The molecular weight excluding hydrogens is 277 g/mol. The Hall–Kier alpha value is -1.86. The molecule has 0 saturated carbocycles. The molecule has 0 fully saturated rings. The summed E-state index contributed by atoms with van der Waals surface area (Å²) in [6, 6.07) is 0. The third-order valence-corrected chi connectivity index (χ3v) is 2.43. The zero-order valence-corrected chi connectivity index (χ0v) is 9.28. The van der Waals surface area contributed by atoms with Gasteiger partial charge in [0.2, 0.25) is 0 Å². The third-order valence-electron chi connectivity index (χ3n) is 1.70. The van der Waals surface area contributed by atoms with Crippen LogP contribution in [-0.4, -0.2) is 38.2 Å². The van der Waals surface area contributed by atoms with Gasteiger partial charge in [0.1, 0.15) is 5.56 Å². The van der Waals surface area contributed by atoms with E-state index in [0.29, 0.717) is 0 Å². The molecule has 9 heteroatoms. The number of pyridine rings is 1. The average molecular weight is 280 g/mol. The van der Waals surface area contributed by atoms with Gasteiger partial charge < -0.3 is 15.3 Å². The lowest BCUT2D eigenvalue weighted by Crippen LogP contribution is -2.14. The van der Waals surface area contributed by atoms with Crippen molar-refractivity contribution in [2.24, 2.45) is 0 Å². The molecule has 90 valence electrons. The molecule has 0 radical (unpaired) electrons. The molecule has 0 unspecified atom stereocenters. The smallest absolute Gasteiger partial charge is 0.356 e. The molecule has 1 aromatic heterocycles. The van der Waals surface area contributed by atoms with E-state index in [2.05, 4.69) is 4.98 Å². The molecule has 3 N–H and O–H groups in total. The van der Waals surface area contributed by atoms with Crippen LogP contribution in [0.25, 0.3) is 0 Å². The summed E-state index contributed by atoms with van der Waals surface area (Å²) < 4.78 is 0. The van der Waals surface area contributed by atoms with Crippen molar-refractivity contribution in [2.45, 2.75) is 0 Å². The lowest BCUT2D eigenvalue weighted by Gasteiger charge is -2.07. The number of nitrogens with zero attached hydrogens (tertiary/aromatic N) is 1. The third kappa shape index (κ3) is 2.29. The first-order chi connectivity index (χ1) is 7.77. The van der Waals surface area contributed by atoms with Crippen molar-refractivity contribution < 1.29 is 29.7 Å². The Balaban J connectivity index is 3.76. The summed E-state index contributed by atoms with van der Waals surface area (Å²) >= 11 is 11.0. The van der Waals surface area contributed by atoms with E-state index in [4.69, 9.17) is 38.5 Å². The van der Waals surface area contributed by atoms with Crippen molar-refractivity contribution >= 4 is 41.1 Å². The molecular formula is C8H3Cl2NO6. The second-order valence-corrected chi connectivity index (χ2v) is 3.48. The average Bonchev–Trinajstić information content (AvgIpc) is 2.15. The second-order valence-electron chi connectivity index (χ2n) is 2.73. The van der Waals surface area contributed by atoms with Crippen molar-refractivity contribution in [3.05, 3.63) is 27.0 Å². The van der Waals surface area contributed by atoms with Crippen LogP contribution in [0.2, 0.25) is 10.0 Å². The number of halogens is 2. The summed E-state index contributed by atoms with van der Waals surface area (Å²) in [6.07, 6.45) is 0. The SMILES string of the molecule is O=C(O)c1nc(C(=O)O)c(Cl)c(C(=O)O)c1Cl. The largest absolute Gasteiger partial charge is 0.478 e. The van der Waals surface area contributed by atoms with Crippen LogP contribution >= 0.6 is 23.2 Å².